The van der Waals surface area contributed by atoms with Crippen LogP contribution in [0.1, 0.15) is 51.5 Å². The number of carbonyl (C=O) groups is 1. The minimum atomic E-state index is -0.505. The van der Waals surface area contributed by atoms with Crippen molar-refractivity contribution in [1.29, 1.82) is 0 Å². The lowest BCUT2D eigenvalue weighted by atomic mass is 9.71. The van der Waals surface area contributed by atoms with E-state index >= 15 is 0 Å². The van der Waals surface area contributed by atoms with Gasteiger partial charge in [-0.25, -0.2) is 0 Å². The maximum absolute atomic E-state index is 12.8. The molecule has 1 aliphatic rings. The molecule has 4 heteroatoms. The van der Waals surface area contributed by atoms with Gasteiger partial charge in [-0.15, -0.1) is 0 Å². The zero-order valence-corrected chi connectivity index (χ0v) is 17.5. The number of benzene rings is 1. The van der Waals surface area contributed by atoms with E-state index < -0.39 is 11.0 Å². The molecule has 0 N–H and O–H groups in total. The Labute approximate surface area is 165 Å². The summed E-state index contributed by atoms with van der Waals surface area (Å²) in [4.78, 5) is 12.8. The molecule has 0 radical (unpaired) electrons. The number of carbonyl (C=O) groups excluding carboxylic acids is 1. The molecule has 1 saturated carbocycles. The van der Waals surface area contributed by atoms with Crippen LogP contribution < -0.4 is 0 Å². The molecular weight excluding hydrogens is 427 g/mol. The Balaban J connectivity index is 2.08. The first-order valence-corrected chi connectivity index (χ1v) is 10.7. The van der Waals surface area contributed by atoms with E-state index in [0.29, 0.717) is 13.2 Å². The summed E-state index contributed by atoms with van der Waals surface area (Å²) >= 11 is 2.37. The van der Waals surface area contributed by atoms with Gasteiger partial charge in [0.15, 0.2) is 0 Å². The van der Waals surface area contributed by atoms with Gasteiger partial charge in [-0.3, -0.25) is 4.79 Å². The SMILES string of the molecule is CCOC(=O)[C@]1(CCCI)CCC[C@@]1(C)OC/C=C/c1ccccc1. The first-order chi connectivity index (χ1) is 12.1. The van der Waals surface area contributed by atoms with Gasteiger partial charge >= 0.3 is 5.97 Å². The van der Waals surface area contributed by atoms with Crippen LogP contribution in [0.15, 0.2) is 36.4 Å². The van der Waals surface area contributed by atoms with E-state index in [1.54, 1.807) is 0 Å². The van der Waals surface area contributed by atoms with Gasteiger partial charge in [0.05, 0.1) is 24.2 Å². The van der Waals surface area contributed by atoms with Crippen molar-refractivity contribution in [2.45, 2.75) is 51.6 Å². The Bertz CT molecular complexity index is 572. The van der Waals surface area contributed by atoms with Crippen LogP contribution in [0.4, 0.5) is 0 Å². The molecule has 0 heterocycles. The van der Waals surface area contributed by atoms with Gasteiger partial charge in [0, 0.05) is 0 Å². The predicted molar refractivity (Wildman–Crippen MR) is 111 cm³/mol. The summed E-state index contributed by atoms with van der Waals surface area (Å²) in [6.45, 7) is 4.91. The second kappa shape index (κ2) is 9.72. The van der Waals surface area contributed by atoms with Crippen molar-refractivity contribution in [1.82, 2.24) is 0 Å². The van der Waals surface area contributed by atoms with E-state index in [-0.39, 0.29) is 5.97 Å². The monoisotopic (exact) mass is 456 g/mol. The predicted octanol–water partition coefficient (Wildman–Crippen LogP) is 5.42. The Morgan fingerprint density at radius 2 is 2.04 bits per heavy atom. The van der Waals surface area contributed by atoms with Gasteiger partial charge < -0.3 is 9.47 Å². The maximum Gasteiger partial charge on any atom is 0.314 e. The largest absolute Gasteiger partial charge is 0.465 e. The fraction of sp³-hybridized carbons (Fsp3) is 0.571. The molecule has 1 aromatic carbocycles. The third kappa shape index (κ3) is 4.85. The minimum Gasteiger partial charge on any atom is -0.465 e. The van der Waals surface area contributed by atoms with Crippen molar-refractivity contribution in [2.75, 3.05) is 17.6 Å². The third-order valence-corrected chi connectivity index (χ3v) is 6.04. The zero-order chi connectivity index (χ0) is 18.2. The highest BCUT2D eigenvalue weighted by atomic mass is 127. The molecule has 0 amide bonds. The zero-order valence-electron chi connectivity index (χ0n) is 15.3. The summed E-state index contributed by atoms with van der Waals surface area (Å²) in [5.74, 6) is -0.0770. The highest BCUT2D eigenvalue weighted by Crippen LogP contribution is 2.52. The average molecular weight is 456 g/mol. The van der Waals surface area contributed by atoms with Crippen molar-refractivity contribution >= 4 is 34.6 Å². The van der Waals surface area contributed by atoms with Crippen molar-refractivity contribution in [2.24, 2.45) is 5.41 Å². The molecule has 2 atom stereocenters. The molecule has 0 aliphatic heterocycles. The van der Waals surface area contributed by atoms with E-state index in [1.165, 1.54) is 0 Å². The number of hydrogen-bond acceptors (Lipinski definition) is 3. The van der Waals surface area contributed by atoms with Crippen LogP contribution in [0, 0.1) is 5.41 Å². The molecule has 0 aromatic heterocycles. The fourth-order valence-corrected chi connectivity index (χ4v) is 4.25. The number of ether oxygens (including phenoxy) is 2. The molecule has 1 aliphatic carbocycles. The van der Waals surface area contributed by atoms with Gasteiger partial charge in [-0.2, -0.15) is 0 Å². The van der Waals surface area contributed by atoms with Crippen LogP contribution in [-0.2, 0) is 14.3 Å². The first kappa shape index (κ1) is 20.4. The van der Waals surface area contributed by atoms with E-state index in [1.807, 2.05) is 31.2 Å². The van der Waals surface area contributed by atoms with Crippen molar-refractivity contribution in [3.63, 3.8) is 0 Å². The molecule has 25 heavy (non-hydrogen) atoms. The summed E-state index contributed by atoms with van der Waals surface area (Å²) in [5, 5.41) is 0. The van der Waals surface area contributed by atoms with Gasteiger partial charge in [0.25, 0.3) is 0 Å². The summed E-state index contributed by atoms with van der Waals surface area (Å²) < 4.78 is 12.8. The molecule has 3 nitrogen and oxygen atoms in total. The Morgan fingerprint density at radius 1 is 1.28 bits per heavy atom. The molecular formula is C21H29IO3. The molecule has 0 bridgehead atoms. The van der Waals surface area contributed by atoms with E-state index in [0.717, 1.165) is 42.1 Å². The number of halogens is 1. The lowest BCUT2D eigenvalue weighted by Gasteiger charge is -2.41. The van der Waals surface area contributed by atoms with Gasteiger partial charge in [-0.1, -0.05) is 65.1 Å². The average Bonchev–Trinajstić information content (AvgIpc) is 2.96. The minimum absolute atomic E-state index is 0.0770. The second-order valence-corrected chi connectivity index (χ2v) is 7.88. The van der Waals surface area contributed by atoms with Crippen LogP contribution >= 0.6 is 22.6 Å². The van der Waals surface area contributed by atoms with Crippen molar-refractivity contribution in [3.8, 4) is 0 Å². The normalized spacial score (nSPS) is 26.2. The summed E-state index contributed by atoms with van der Waals surface area (Å²) in [6.07, 6.45) is 8.74. The molecule has 1 fully saturated rings. The lowest BCUT2D eigenvalue weighted by molar-refractivity contribution is -0.176. The van der Waals surface area contributed by atoms with Crippen LogP contribution in [0.2, 0.25) is 0 Å². The number of rotatable bonds is 9. The molecule has 0 spiro atoms. The first-order valence-electron chi connectivity index (χ1n) is 9.17. The molecule has 1 aromatic rings. The Hall–Kier alpha value is -0.880. The standard InChI is InChI=1S/C21H29IO3/c1-3-24-19(23)21(15-9-16-22)14-8-13-20(21,2)25-17-7-12-18-10-5-4-6-11-18/h4-7,10-12H,3,8-9,13-17H2,1-2H3/b12-7+/t20-,21-/m1/s1. The molecule has 0 saturated heterocycles. The Kier molecular flexibility index (Phi) is 7.94. The highest BCUT2D eigenvalue weighted by molar-refractivity contribution is 14.1. The summed E-state index contributed by atoms with van der Waals surface area (Å²) in [7, 11) is 0. The quantitative estimate of drug-likeness (QED) is 0.283. The molecule has 0 unspecified atom stereocenters. The maximum atomic E-state index is 12.8. The van der Waals surface area contributed by atoms with Gasteiger partial charge in [0.2, 0.25) is 0 Å². The number of hydrogen-bond donors (Lipinski definition) is 0. The second-order valence-electron chi connectivity index (χ2n) is 6.80. The number of alkyl halides is 1. The van der Waals surface area contributed by atoms with Crippen molar-refractivity contribution < 1.29 is 14.3 Å². The topological polar surface area (TPSA) is 35.5 Å². The van der Waals surface area contributed by atoms with Crippen LogP contribution in [0.3, 0.4) is 0 Å². The lowest BCUT2D eigenvalue weighted by Crippen LogP contribution is -2.50. The fourth-order valence-electron chi connectivity index (χ4n) is 3.87. The van der Waals surface area contributed by atoms with Crippen LogP contribution in [0.25, 0.3) is 6.08 Å². The van der Waals surface area contributed by atoms with Crippen molar-refractivity contribution in [3.05, 3.63) is 42.0 Å². The smallest absolute Gasteiger partial charge is 0.314 e. The summed E-state index contributed by atoms with van der Waals surface area (Å²) in [6, 6.07) is 10.2. The Morgan fingerprint density at radius 3 is 2.72 bits per heavy atom. The molecule has 138 valence electrons. The van der Waals surface area contributed by atoms with E-state index in [4.69, 9.17) is 9.47 Å². The van der Waals surface area contributed by atoms with E-state index in [9.17, 15) is 4.79 Å². The van der Waals surface area contributed by atoms with Gasteiger partial charge in [-0.05, 0) is 55.9 Å². The summed E-state index contributed by atoms with van der Waals surface area (Å²) in [5.41, 5.74) is 0.199. The van der Waals surface area contributed by atoms with Crippen LogP contribution in [-0.4, -0.2) is 29.2 Å². The van der Waals surface area contributed by atoms with Crippen LogP contribution in [0.5, 0.6) is 0 Å². The number of esters is 1. The third-order valence-electron chi connectivity index (χ3n) is 5.28. The van der Waals surface area contributed by atoms with E-state index in [2.05, 4.69) is 47.7 Å². The van der Waals surface area contributed by atoms with Gasteiger partial charge in [0.1, 0.15) is 0 Å². The highest BCUT2D eigenvalue weighted by Gasteiger charge is 2.58. The molecule has 2 rings (SSSR count).